The molecule has 2 saturated heterocycles. The first-order valence-electron chi connectivity index (χ1n) is 12.1. The Labute approximate surface area is 182 Å². The number of imide groups is 1. The number of nitrogens with zero attached hydrogens (tertiary/aromatic N) is 1. The predicted octanol–water partition coefficient (Wildman–Crippen LogP) is 1.91. The van der Waals surface area contributed by atoms with Crippen molar-refractivity contribution < 1.29 is 29.0 Å². The fraction of sp³-hybridized carbons (Fsp3) is 0.792. The highest BCUT2D eigenvalue weighted by molar-refractivity contribution is 6.09. The van der Waals surface area contributed by atoms with Crippen LogP contribution in [0.3, 0.4) is 0 Å². The average molecular weight is 430 g/mol. The molecular formula is C24H31NO6. The summed E-state index contributed by atoms with van der Waals surface area (Å²) in [5.41, 5.74) is 0.498. The number of allylic oxidation sites excluding steroid dienone is 1. The maximum Gasteiger partial charge on any atom is 0.234 e. The number of carbonyl (C=O) groups is 3. The van der Waals surface area contributed by atoms with Crippen molar-refractivity contribution in [2.24, 2.45) is 17.8 Å². The van der Waals surface area contributed by atoms with E-state index in [1.54, 1.807) is 6.08 Å². The normalized spacial score (nSPS) is 45.1. The lowest BCUT2D eigenvalue weighted by Gasteiger charge is -2.37. The van der Waals surface area contributed by atoms with E-state index in [1.807, 2.05) is 0 Å². The Hall–Kier alpha value is -1.57. The third kappa shape index (κ3) is 3.15. The first-order chi connectivity index (χ1) is 15.0. The summed E-state index contributed by atoms with van der Waals surface area (Å²) in [6, 6.07) is -0.141. The number of rotatable bonds is 3. The van der Waals surface area contributed by atoms with Crippen LogP contribution < -0.4 is 0 Å². The Kier molecular flexibility index (Phi) is 4.85. The van der Waals surface area contributed by atoms with Crippen molar-refractivity contribution in [3.63, 3.8) is 0 Å². The van der Waals surface area contributed by atoms with Crippen molar-refractivity contribution in [2.45, 2.75) is 101 Å². The van der Waals surface area contributed by atoms with E-state index in [9.17, 15) is 19.5 Å². The molecule has 0 radical (unpaired) electrons. The number of aliphatic hydroxyl groups is 1. The molecule has 0 aromatic rings. The van der Waals surface area contributed by atoms with Crippen LogP contribution in [0.4, 0.5) is 0 Å². The second-order valence-electron chi connectivity index (χ2n) is 10.3. The first-order valence-corrected chi connectivity index (χ1v) is 12.1. The molecular weight excluding hydrogens is 398 g/mol. The second kappa shape index (κ2) is 7.49. The molecule has 4 aliphatic carbocycles. The molecule has 3 saturated carbocycles. The number of fused-ring (bicyclic) bond motifs is 4. The van der Waals surface area contributed by atoms with Crippen molar-refractivity contribution in [2.75, 3.05) is 0 Å². The van der Waals surface area contributed by atoms with Gasteiger partial charge in [-0.25, -0.2) is 0 Å². The molecule has 7 heteroatoms. The van der Waals surface area contributed by atoms with E-state index < -0.39 is 36.1 Å². The third-order valence-electron chi connectivity index (χ3n) is 8.52. The van der Waals surface area contributed by atoms with Crippen LogP contribution in [-0.4, -0.2) is 64.2 Å². The van der Waals surface area contributed by atoms with Crippen LogP contribution in [0.2, 0.25) is 0 Å². The average Bonchev–Trinajstić information content (AvgIpc) is 3.55. The number of Topliss-reactive ketones (excluding diaryl/α,β-unsaturated/α-hetero) is 1. The number of ketones is 1. The summed E-state index contributed by atoms with van der Waals surface area (Å²) in [7, 11) is 0. The van der Waals surface area contributed by atoms with E-state index in [0.717, 1.165) is 32.1 Å². The van der Waals surface area contributed by atoms with Crippen LogP contribution in [0, 0.1) is 17.8 Å². The van der Waals surface area contributed by atoms with E-state index >= 15 is 0 Å². The highest BCUT2D eigenvalue weighted by Crippen LogP contribution is 2.51. The summed E-state index contributed by atoms with van der Waals surface area (Å²) in [5, 5.41) is 10.8. The number of amides is 2. The van der Waals surface area contributed by atoms with Gasteiger partial charge in [-0.2, -0.15) is 0 Å². The van der Waals surface area contributed by atoms with Gasteiger partial charge in [-0.3, -0.25) is 19.3 Å². The Bertz CT molecular complexity index is 832. The van der Waals surface area contributed by atoms with Crippen LogP contribution in [0.1, 0.15) is 64.2 Å². The van der Waals surface area contributed by atoms with Gasteiger partial charge in [-0.1, -0.05) is 25.3 Å². The fourth-order valence-electron chi connectivity index (χ4n) is 6.94. The van der Waals surface area contributed by atoms with E-state index in [2.05, 4.69) is 0 Å². The number of carbonyl (C=O) groups excluding carboxylic acids is 3. The maximum absolute atomic E-state index is 13.5. The molecule has 0 spiro atoms. The van der Waals surface area contributed by atoms with Gasteiger partial charge in [-0.15, -0.1) is 0 Å². The van der Waals surface area contributed by atoms with Crippen LogP contribution in [-0.2, 0) is 23.9 Å². The molecule has 0 aromatic carbocycles. The topological polar surface area (TPSA) is 96.4 Å². The van der Waals surface area contributed by atoms with Gasteiger partial charge in [0, 0.05) is 17.5 Å². The monoisotopic (exact) mass is 429 g/mol. The van der Waals surface area contributed by atoms with Crippen molar-refractivity contribution in [3.8, 4) is 0 Å². The SMILES string of the molecule is O=C1C2=CC[C@H]3C(=O)N(C4CCCC(OC5CCCCC5)C4)C(=O)[C@H]3[C@H]2[C@H](O)[C@@H]2O[C@H]12. The van der Waals surface area contributed by atoms with E-state index in [1.165, 1.54) is 24.2 Å². The minimum absolute atomic E-state index is 0.0984. The molecule has 2 heterocycles. The Morgan fingerprint density at radius 2 is 1.71 bits per heavy atom. The zero-order valence-corrected chi connectivity index (χ0v) is 17.8. The molecule has 0 bridgehead atoms. The molecule has 6 rings (SSSR count). The van der Waals surface area contributed by atoms with Crippen molar-refractivity contribution >= 4 is 17.6 Å². The lowest BCUT2D eigenvalue weighted by Crippen LogP contribution is -2.48. The van der Waals surface area contributed by atoms with E-state index in [0.29, 0.717) is 24.5 Å². The van der Waals surface area contributed by atoms with Gasteiger partial charge in [-0.05, 0) is 44.9 Å². The Morgan fingerprint density at radius 3 is 2.52 bits per heavy atom. The van der Waals surface area contributed by atoms with Crippen molar-refractivity contribution in [1.82, 2.24) is 4.90 Å². The minimum atomic E-state index is -0.896. The van der Waals surface area contributed by atoms with E-state index in [4.69, 9.17) is 9.47 Å². The first kappa shape index (κ1) is 20.1. The zero-order chi connectivity index (χ0) is 21.3. The second-order valence-corrected chi connectivity index (χ2v) is 10.3. The molecule has 1 N–H and O–H groups in total. The van der Waals surface area contributed by atoms with Crippen molar-refractivity contribution in [1.29, 1.82) is 0 Å². The molecule has 31 heavy (non-hydrogen) atoms. The fourth-order valence-corrected chi connectivity index (χ4v) is 6.94. The number of epoxide rings is 1. The molecule has 8 atom stereocenters. The smallest absolute Gasteiger partial charge is 0.234 e. The molecule has 0 aromatic heterocycles. The third-order valence-corrected chi connectivity index (χ3v) is 8.52. The van der Waals surface area contributed by atoms with Gasteiger partial charge in [0.25, 0.3) is 0 Å². The molecule has 7 nitrogen and oxygen atoms in total. The summed E-state index contributed by atoms with van der Waals surface area (Å²) in [4.78, 5) is 41.0. The minimum Gasteiger partial charge on any atom is -0.390 e. The lowest BCUT2D eigenvalue weighted by molar-refractivity contribution is -0.146. The summed E-state index contributed by atoms with van der Waals surface area (Å²) >= 11 is 0. The number of ether oxygens (including phenoxy) is 2. The van der Waals surface area contributed by atoms with Crippen LogP contribution >= 0.6 is 0 Å². The number of likely N-dealkylation sites (tertiary alicyclic amines) is 1. The molecule has 168 valence electrons. The number of hydrogen-bond acceptors (Lipinski definition) is 6. The highest BCUT2D eigenvalue weighted by Gasteiger charge is 2.65. The van der Waals surface area contributed by atoms with Gasteiger partial charge >= 0.3 is 0 Å². The molecule has 5 fully saturated rings. The highest BCUT2D eigenvalue weighted by atomic mass is 16.6. The standard InChI is InChI=1S/C24H31NO6/c26-19-15-9-10-16-18(17(15)20(27)22-21(19)31-22)24(29)25(23(16)28)12-5-4-8-14(11-12)30-13-6-2-1-3-7-13/h9,12-14,16-18,20-22,27H,1-8,10-11H2/t12?,14?,16-,17+,18-,20+,21-,22+/m1/s1. The van der Waals surface area contributed by atoms with Gasteiger partial charge in [0.05, 0.1) is 30.1 Å². The largest absolute Gasteiger partial charge is 0.390 e. The Morgan fingerprint density at radius 1 is 0.935 bits per heavy atom. The summed E-state index contributed by atoms with van der Waals surface area (Å²) in [5.74, 6) is -2.19. The number of hydrogen-bond donors (Lipinski definition) is 1. The molecule has 2 unspecified atom stereocenters. The van der Waals surface area contributed by atoms with Crippen LogP contribution in [0.25, 0.3) is 0 Å². The molecule has 2 aliphatic heterocycles. The number of aliphatic hydroxyl groups excluding tert-OH is 1. The van der Waals surface area contributed by atoms with Gasteiger partial charge in [0.2, 0.25) is 11.8 Å². The lowest BCUT2D eigenvalue weighted by atomic mass is 9.66. The Balaban J connectivity index is 1.20. The van der Waals surface area contributed by atoms with Gasteiger partial charge in [0.15, 0.2) is 5.78 Å². The van der Waals surface area contributed by atoms with Gasteiger partial charge < -0.3 is 14.6 Å². The van der Waals surface area contributed by atoms with Crippen LogP contribution in [0.15, 0.2) is 11.6 Å². The summed E-state index contributed by atoms with van der Waals surface area (Å²) in [6.45, 7) is 0. The van der Waals surface area contributed by atoms with Crippen molar-refractivity contribution in [3.05, 3.63) is 11.6 Å². The summed E-state index contributed by atoms with van der Waals surface area (Å²) in [6.07, 6.45) is 9.98. The van der Waals surface area contributed by atoms with Crippen LogP contribution in [0.5, 0.6) is 0 Å². The predicted molar refractivity (Wildman–Crippen MR) is 109 cm³/mol. The van der Waals surface area contributed by atoms with E-state index in [-0.39, 0.29) is 29.7 Å². The van der Waals surface area contributed by atoms with Gasteiger partial charge in [0.1, 0.15) is 12.2 Å². The summed E-state index contributed by atoms with van der Waals surface area (Å²) < 4.78 is 11.8. The quantitative estimate of drug-likeness (QED) is 0.544. The maximum atomic E-state index is 13.5. The molecule has 6 aliphatic rings. The molecule has 2 amide bonds. The zero-order valence-electron chi connectivity index (χ0n) is 17.8.